The zero-order valence-electron chi connectivity index (χ0n) is 8.22. The van der Waals surface area contributed by atoms with Crippen LogP contribution >= 0.6 is 15.9 Å². The summed E-state index contributed by atoms with van der Waals surface area (Å²) in [6.07, 6.45) is -2.88. The van der Waals surface area contributed by atoms with Gasteiger partial charge in [-0.1, -0.05) is 0 Å². The molecule has 1 heterocycles. The maximum atomic E-state index is 12.5. The van der Waals surface area contributed by atoms with Crippen LogP contribution in [0.15, 0.2) is 15.3 Å². The SMILES string of the molecule is CCOC(=O)c1cc(=O)[nH]c(C(F)F)c1Br. The number of pyridine rings is 1. The average Bonchev–Trinajstić information content (AvgIpc) is 2.20. The molecule has 16 heavy (non-hydrogen) atoms. The second-order valence-corrected chi connectivity index (χ2v) is 3.59. The Morgan fingerprint density at radius 3 is 2.75 bits per heavy atom. The highest BCUT2D eigenvalue weighted by atomic mass is 79.9. The molecule has 0 fully saturated rings. The molecule has 0 bridgehead atoms. The summed E-state index contributed by atoms with van der Waals surface area (Å²) in [5.41, 5.74) is -1.61. The molecule has 0 aliphatic carbocycles. The molecule has 0 aliphatic rings. The second-order valence-electron chi connectivity index (χ2n) is 2.80. The standard InChI is InChI=1S/C9H8BrF2NO3/c1-2-16-9(15)4-3-5(14)13-7(6(4)10)8(11)12/h3,8H,2H2,1H3,(H,13,14). The van der Waals surface area contributed by atoms with E-state index in [1.807, 2.05) is 4.98 Å². The molecule has 7 heteroatoms. The van der Waals surface area contributed by atoms with Crippen LogP contribution in [0.5, 0.6) is 0 Å². The van der Waals surface area contributed by atoms with E-state index in [9.17, 15) is 18.4 Å². The number of ether oxygens (including phenoxy) is 1. The second kappa shape index (κ2) is 5.20. The van der Waals surface area contributed by atoms with Crippen molar-refractivity contribution in [3.8, 4) is 0 Å². The number of alkyl halides is 2. The number of aromatic nitrogens is 1. The number of rotatable bonds is 3. The monoisotopic (exact) mass is 295 g/mol. The molecule has 0 saturated carbocycles. The van der Waals surface area contributed by atoms with Gasteiger partial charge in [0.2, 0.25) is 5.56 Å². The Morgan fingerprint density at radius 1 is 1.62 bits per heavy atom. The lowest BCUT2D eigenvalue weighted by Gasteiger charge is -2.07. The topological polar surface area (TPSA) is 59.2 Å². The highest BCUT2D eigenvalue weighted by Gasteiger charge is 2.20. The Bertz CT molecular complexity index is 459. The first-order chi connectivity index (χ1) is 7.47. The summed E-state index contributed by atoms with van der Waals surface area (Å²) in [7, 11) is 0. The minimum atomic E-state index is -2.88. The van der Waals surface area contributed by atoms with E-state index in [-0.39, 0.29) is 16.6 Å². The van der Waals surface area contributed by atoms with Gasteiger partial charge in [-0.2, -0.15) is 0 Å². The van der Waals surface area contributed by atoms with Crippen LogP contribution in [0.4, 0.5) is 8.78 Å². The number of carbonyl (C=O) groups excluding carboxylic acids is 1. The van der Waals surface area contributed by atoms with E-state index < -0.39 is 23.6 Å². The minimum Gasteiger partial charge on any atom is -0.462 e. The summed E-state index contributed by atoms with van der Waals surface area (Å²) < 4.78 is 29.4. The molecular formula is C9H8BrF2NO3. The molecule has 0 spiro atoms. The first-order valence-corrected chi connectivity index (χ1v) is 5.14. The number of carbonyl (C=O) groups is 1. The molecule has 1 rings (SSSR count). The van der Waals surface area contributed by atoms with Gasteiger partial charge in [-0.15, -0.1) is 0 Å². The molecule has 1 aromatic rings. The number of esters is 1. The third-order valence-electron chi connectivity index (χ3n) is 1.72. The lowest BCUT2D eigenvalue weighted by atomic mass is 10.2. The van der Waals surface area contributed by atoms with E-state index in [0.717, 1.165) is 6.07 Å². The smallest absolute Gasteiger partial charge is 0.339 e. The van der Waals surface area contributed by atoms with Crippen LogP contribution in [0, 0.1) is 0 Å². The van der Waals surface area contributed by atoms with E-state index in [1.54, 1.807) is 6.92 Å². The molecule has 4 nitrogen and oxygen atoms in total. The van der Waals surface area contributed by atoms with Crippen LogP contribution in [0.1, 0.15) is 29.4 Å². The van der Waals surface area contributed by atoms with Crippen molar-refractivity contribution < 1.29 is 18.3 Å². The van der Waals surface area contributed by atoms with Crippen molar-refractivity contribution >= 4 is 21.9 Å². The fourth-order valence-corrected chi connectivity index (χ4v) is 1.62. The number of H-pyrrole nitrogens is 1. The summed E-state index contributed by atoms with van der Waals surface area (Å²) >= 11 is 2.84. The lowest BCUT2D eigenvalue weighted by Crippen LogP contribution is -2.16. The van der Waals surface area contributed by atoms with Crippen molar-refractivity contribution in [3.05, 3.63) is 32.2 Å². The van der Waals surface area contributed by atoms with Gasteiger partial charge in [0.15, 0.2) is 0 Å². The van der Waals surface area contributed by atoms with Crippen LogP contribution in [-0.4, -0.2) is 17.6 Å². The molecule has 0 amide bonds. The highest BCUT2D eigenvalue weighted by Crippen LogP contribution is 2.27. The van der Waals surface area contributed by atoms with Gasteiger partial charge in [-0.05, 0) is 22.9 Å². The van der Waals surface area contributed by atoms with Crippen LogP contribution in [0.3, 0.4) is 0 Å². The number of aromatic amines is 1. The maximum Gasteiger partial charge on any atom is 0.339 e. The van der Waals surface area contributed by atoms with Gasteiger partial charge in [-0.3, -0.25) is 4.79 Å². The van der Waals surface area contributed by atoms with Gasteiger partial charge in [0.05, 0.1) is 22.3 Å². The maximum absolute atomic E-state index is 12.5. The first-order valence-electron chi connectivity index (χ1n) is 4.35. The first kappa shape index (κ1) is 12.8. The van der Waals surface area contributed by atoms with Gasteiger partial charge in [-0.25, -0.2) is 13.6 Å². The fourth-order valence-electron chi connectivity index (χ4n) is 1.07. The zero-order chi connectivity index (χ0) is 12.3. The van der Waals surface area contributed by atoms with Gasteiger partial charge in [0.1, 0.15) is 0 Å². The summed E-state index contributed by atoms with van der Waals surface area (Å²) in [6, 6.07) is 0.911. The molecule has 88 valence electrons. The van der Waals surface area contributed by atoms with Gasteiger partial charge in [0, 0.05) is 6.07 Å². The number of halogens is 3. The number of nitrogens with one attached hydrogen (secondary N) is 1. The van der Waals surface area contributed by atoms with Crippen molar-refractivity contribution in [2.75, 3.05) is 6.61 Å². The zero-order valence-corrected chi connectivity index (χ0v) is 9.81. The molecule has 0 aliphatic heterocycles. The van der Waals surface area contributed by atoms with Crippen LogP contribution in [-0.2, 0) is 4.74 Å². The summed E-state index contributed by atoms with van der Waals surface area (Å²) in [5, 5.41) is 0. The molecule has 0 aromatic carbocycles. The Hall–Kier alpha value is -1.24. The Morgan fingerprint density at radius 2 is 2.25 bits per heavy atom. The third-order valence-corrected chi connectivity index (χ3v) is 2.57. The number of hydrogen-bond acceptors (Lipinski definition) is 3. The van der Waals surface area contributed by atoms with Crippen LogP contribution < -0.4 is 5.56 Å². The average molecular weight is 296 g/mol. The van der Waals surface area contributed by atoms with E-state index in [0.29, 0.717) is 0 Å². The van der Waals surface area contributed by atoms with Crippen molar-refractivity contribution in [1.29, 1.82) is 0 Å². The molecule has 1 N–H and O–H groups in total. The molecule has 0 radical (unpaired) electrons. The quantitative estimate of drug-likeness (QED) is 0.870. The predicted octanol–water partition coefficient (Wildman–Crippen LogP) is 2.25. The van der Waals surface area contributed by atoms with Gasteiger partial charge >= 0.3 is 5.97 Å². The molecule has 0 saturated heterocycles. The summed E-state index contributed by atoms with van der Waals surface area (Å²) in [4.78, 5) is 24.4. The Balaban J connectivity index is 3.29. The van der Waals surface area contributed by atoms with Crippen molar-refractivity contribution in [2.24, 2.45) is 0 Å². The molecule has 0 atom stereocenters. The molecule has 1 aromatic heterocycles. The normalized spacial score (nSPS) is 10.6. The van der Waals surface area contributed by atoms with Crippen LogP contribution in [0.2, 0.25) is 0 Å². The minimum absolute atomic E-state index is 0.0993. The van der Waals surface area contributed by atoms with E-state index >= 15 is 0 Å². The van der Waals surface area contributed by atoms with E-state index in [2.05, 4.69) is 20.7 Å². The molecular weight excluding hydrogens is 288 g/mol. The Kier molecular flexibility index (Phi) is 4.17. The number of hydrogen-bond donors (Lipinski definition) is 1. The molecule has 0 unspecified atom stereocenters. The van der Waals surface area contributed by atoms with Crippen molar-refractivity contribution in [2.45, 2.75) is 13.3 Å². The third kappa shape index (κ3) is 2.66. The van der Waals surface area contributed by atoms with Crippen molar-refractivity contribution in [1.82, 2.24) is 4.98 Å². The van der Waals surface area contributed by atoms with Crippen LogP contribution in [0.25, 0.3) is 0 Å². The predicted molar refractivity (Wildman–Crippen MR) is 55.7 cm³/mol. The lowest BCUT2D eigenvalue weighted by molar-refractivity contribution is 0.0524. The summed E-state index contributed by atoms with van der Waals surface area (Å²) in [5.74, 6) is -0.817. The fraction of sp³-hybridized carbons (Fsp3) is 0.333. The van der Waals surface area contributed by atoms with Gasteiger partial charge in [0.25, 0.3) is 6.43 Å². The highest BCUT2D eigenvalue weighted by molar-refractivity contribution is 9.10. The van der Waals surface area contributed by atoms with Gasteiger partial charge < -0.3 is 9.72 Å². The van der Waals surface area contributed by atoms with Crippen molar-refractivity contribution in [3.63, 3.8) is 0 Å². The summed E-state index contributed by atoms with van der Waals surface area (Å²) in [6.45, 7) is 1.68. The van der Waals surface area contributed by atoms with E-state index in [4.69, 9.17) is 0 Å². The van der Waals surface area contributed by atoms with E-state index in [1.165, 1.54) is 0 Å². The Labute approximate surface area is 97.7 Å². The largest absolute Gasteiger partial charge is 0.462 e.